The number of halogens is 2. The van der Waals surface area contributed by atoms with E-state index in [2.05, 4.69) is 5.32 Å². The van der Waals surface area contributed by atoms with Gasteiger partial charge in [0.1, 0.15) is 5.76 Å². The summed E-state index contributed by atoms with van der Waals surface area (Å²) in [7, 11) is 0. The first kappa shape index (κ1) is 13.0. The van der Waals surface area contributed by atoms with Crippen molar-refractivity contribution in [3.8, 4) is 0 Å². The van der Waals surface area contributed by atoms with Crippen LogP contribution in [0.25, 0.3) is 0 Å². The van der Waals surface area contributed by atoms with Gasteiger partial charge in [0, 0.05) is 5.56 Å². The smallest absolute Gasteiger partial charge is 0.291 e. The van der Waals surface area contributed by atoms with Gasteiger partial charge in [-0.1, -0.05) is 23.7 Å². The van der Waals surface area contributed by atoms with Gasteiger partial charge in [-0.05, 0) is 25.1 Å². The van der Waals surface area contributed by atoms with E-state index in [1.807, 2.05) is 0 Å². The summed E-state index contributed by atoms with van der Waals surface area (Å²) >= 11 is 11.7. The number of hydrogen-bond acceptors (Lipinski definition) is 2. The van der Waals surface area contributed by atoms with Crippen LogP contribution in [0.15, 0.2) is 34.7 Å². The standard InChI is InChI=1S/C13H11Cl2NO2/c1-8-9(7-14)6-12(18-8)13(17)16-11-5-3-2-4-10(11)15/h2-6H,7H2,1H3,(H,16,17). The van der Waals surface area contributed by atoms with Crippen LogP contribution >= 0.6 is 23.2 Å². The highest BCUT2D eigenvalue weighted by Crippen LogP contribution is 2.22. The molecular weight excluding hydrogens is 273 g/mol. The fraction of sp³-hybridized carbons (Fsp3) is 0.154. The lowest BCUT2D eigenvalue weighted by atomic mass is 10.2. The molecular formula is C13H11Cl2NO2. The Bertz CT molecular complexity index is 578. The van der Waals surface area contributed by atoms with Crippen molar-refractivity contribution in [1.29, 1.82) is 0 Å². The third-order valence-electron chi connectivity index (χ3n) is 2.51. The highest BCUT2D eigenvalue weighted by molar-refractivity contribution is 6.33. The average Bonchev–Trinajstić information content (AvgIpc) is 2.73. The van der Waals surface area contributed by atoms with Gasteiger partial charge in [0.15, 0.2) is 5.76 Å². The van der Waals surface area contributed by atoms with Crippen molar-refractivity contribution in [2.24, 2.45) is 0 Å². The maximum Gasteiger partial charge on any atom is 0.291 e. The molecule has 0 aliphatic heterocycles. The maximum absolute atomic E-state index is 11.9. The third-order valence-corrected chi connectivity index (χ3v) is 3.13. The molecule has 18 heavy (non-hydrogen) atoms. The Morgan fingerprint density at radius 1 is 1.39 bits per heavy atom. The normalized spacial score (nSPS) is 10.4. The van der Waals surface area contributed by atoms with Crippen molar-refractivity contribution < 1.29 is 9.21 Å². The monoisotopic (exact) mass is 283 g/mol. The summed E-state index contributed by atoms with van der Waals surface area (Å²) in [5, 5.41) is 3.16. The average molecular weight is 284 g/mol. The van der Waals surface area contributed by atoms with Crippen LogP contribution in [0.5, 0.6) is 0 Å². The molecule has 0 unspecified atom stereocenters. The third kappa shape index (κ3) is 2.68. The Morgan fingerprint density at radius 2 is 2.11 bits per heavy atom. The molecule has 0 saturated heterocycles. The van der Waals surface area contributed by atoms with Gasteiger partial charge >= 0.3 is 0 Å². The van der Waals surface area contributed by atoms with E-state index in [-0.39, 0.29) is 11.7 Å². The quantitative estimate of drug-likeness (QED) is 0.857. The number of aryl methyl sites for hydroxylation is 1. The first-order valence-electron chi connectivity index (χ1n) is 5.33. The van der Waals surface area contributed by atoms with Crippen LogP contribution in [0.2, 0.25) is 5.02 Å². The number of carbonyl (C=O) groups is 1. The SMILES string of the molecule is Cc1oc(C(=O)Nc2ccccc2Cl)cc1CCl. The van der Waals surface area contributed by atoms with Crippen molar-refractivity contribution in [2.45, 2.75) is 12.8 Å². The van der Waals surface area contributed by atoms with Gasteiger partial charge < -0.3 is 9.73 Å². The Kier molecular flexibility index (Phi) is 3.94. The van der Waals surface area contributed by atoms with Gasteiger partial charge in [-0.3, -0.25) is 4.79 Å². The molecule has 1 aromatic carbocycles. The van der Waals surface area contributed by atoms with Crippen molar-refractivity contribution >= 4 is 34.8 Å². The summed E-state index contributed by atoms with van der Waals surface area (Å²) < 4.78 is 5.34. The van der Waals surface area contributed by atoms with Crippen LogP contribution in [0.3, 0.4) is 0 Å². The summed E-state index contributed by atoms with van der Waals surface area (Å²) in [6.45, 7) is 1.77. The lowest BCUT2D eigenvalue weighted by Crippen LogP contribution is -2.11. The minimum absolute atomic E-state index is 0.225. The fourth-order valence-electron chi connectivity index (χ4n) is 1.51. The summed E-state index contributed by atoms with van der Waals surface area (Å²) in [5.41, 5.74) is 1.35. The second-order valence-corrected chi connectivity index (χ2v) is 4.43. The van der Waals surface area contributed by atoms with E-state index in [0.29, 0.717) is 22.4 Å². The molecule has 0 aliphatic carbocycles. The van der Waals surface area contributed by atoms with Gasteiger partial charge in [0.05, 0.1) is 16.6 Å². The van der Waals surface area contributed by atoms with Crippen molar-refractivity contribution in [1.82, 2.24) is 0 Å². The predicted molar refractivity (Wildman–Crippen MR) is 72.4 cm³/mol. The Balaban J connectivity index is 2.19. The molecule has 94 valence electrons. The van der Waals surface area contributed by atoms with Gasteiger partial charge in [0.25, 0.3) is 5.91 Å². The molecule has 0 spiro atoms. The highest BCUT2D eigenvalue weighted by atomic mass is 35.5. The number of benzene rings is 1. The van der Waals surface area contributed by atoms with Crippen LogP contribution in [-0.2, 0) is 5.88 Å². The highest BCUT2D eigenvalue weighted by Gasteiger charge is 2.14. The number of carbonyl (C=O) groups excluding carboxylic acids is 1. The number of amides is 1. The molecule has 1 amide bonds. The zero-order valence-corrected chi connectivity index (χ0v) is 11.2. The number of hydrogen-bond donors (Lipinski definition) is 1. The van der Waals surface area contributed by atoms with Crippen LogP contribution in [-0.4, -0.2) is 5.91 Å². The molecule has 0 fully saturated rings. The van der Waals surface area contributed by atoms with E-state index in [1.165, 1.54) is 0 Å². The van der Waals surface area contributed by atoms with E-state index in [9.17, 15) is 4.79 Å². The minimum Gasteiger partial charge on any atom is -0.456 e. The molecule has 3 nitrogen and oxygen atoms in total. The Hall–Kier alpha value is -1.45. The van der Waals surface area contributed by atoms with Crippen molar-refractivity contribution in [2.75, 3.05) is 5.32 Å². The number of nitrogens with one attached hydrogen (secondary N) is 1. The zero-order valence-electron chi connectivity index (χ0n) is 9.67. The molecule has 2 rings (SSSR count). The molecule has 1 heterocycles. The largest absolute Gasteiger partial charge is 0.456 e. The Morgan fingerprint density at radius 3 is 2.72 bits per heavy atom. The van der Waals surface area contributed by atoms with E-state index in [0.717, 1.165) is 5.56 Å². The van der Waals surface area contributed by atoms with E-state index in [1.54, 1.807) is 37.3 Å². The van der Waals surface area contributed by atoms with Gasteiger partial charge in [0.2, 0.25) is 0 Å². The van der Waals surface area contributed by atoms with Gasteiger partial charge in [-0.15, -0.1) is 11.6 Å². The van der Waals surface area contributed by atoms with Crippen LogP contribution < -0.4 is 5.32 Å². The molecule has 1 aromatic heterocycles. The summed E-state index contributed by atoms with van der Waals surface area (Å²) in [4.78, 5) is 11.9. The van der Waals surface area contributed by atoms with Crippen LogP contribution in [0, 0.1) is 6.92 Å². The van der Waals surface area contributed by atoms with Crippen LogP contribution in [0.1, 0.15) is 21.9 Å². The van der Waals surface area contributed by atoms with E-state index < -0.39 is 0 Å². The first-order valence-corrected chi connectivity index (χ1v) is 6.24. The number of para-hydroxylation sites is 1. The lowest BCUT2D eigenvalue weighted by molar-refractivity contribution is 0.0995. The number of rotatable bonds is 3. The van der Waals surface area contributed by atoms with E-state index in [4.69, 9.17) is 27.6 Å². The molecule has 0 bridgehead atoms. The predicted octanol–water partition coefficient (Wildman–Crippen LogP) is 4.23. The number of alkyl halides is 1. The number of furan rings is 1. The van der Waals surface area contributed by atoms with Crippen LogP contribution in [0.4, 0.5) is 5.69 Å². The van der Waals surface area contributed by atoms with E-state index >= 15 is 0 Å². The van der Waals surface area contributed by atoms with Gasteiger partial charge in [-0.2, -0.15) is 0 Å². The minimum atomic E-state index is -0.345. The topological polar surface area (TPSA) is 42.2 Å². The molecule has 1 N–H and O–H groups in total. The summed E-state index contributed by atoms with van der Waals surface area (Å²) in [5.74, 6) is 0.842. The van der Waals surface area contributed by atoms with Gasteiger partial charge in [-0.25, -0.2) is 0 Å². The molecule has 0 saturated carbocycles. The molecule has 2 aromatic rings. The molecule has 0 atom stereocenters. The lowest BCUT2D eigenvalue weighted by Gasteiger charge is -2.04. The molecule has 0 aliphatic rings. The van der Waals surface area contributed by atoms with Crippen molar-refractivity contribution in [3.63, 3.8) is 0 Å². The second-order valence-electron chi connectivity index (χ2n) is 3.76. The zero-order chi connectivity index (χ0) is 13.1. The number of anilines is 1. The summed E-state index contributed by atoms with van der Waals surface area (Å²) in [6, 6.07) is 8.64. The summed E-state index contributed by atoms with van der Waals surface area (Å²) in [6.07, 6.45) is 0. The molecule has 0 radical (unpaired) electrons. The second kappa shape index (κ2) is 5.46. The fourth-order valence-corrected chi connectivity index (χ4v) is 1.96. The maximum atomic E-state index is 11.9. The van der Waals surface area contributed by atoms with Crippen molar-refractivity contribution in [3.05, 3.63) is 52.4 Å². The molecule has 5 heteroatoms. The first-order chi connectivity index (χ1) is 8.61. The Labute approximate surface area is 115 Å².